The fourth-order valence-electron chi connectivity index (χ4n) is 1.32. The molecule has 0 aliphatic heterocycles. The summed E-state index contributed by atoms with van der Waals surface area (Å²) in [7, 11) is 0. The van der Waals surface area contributed by atoms with Gasteiger partial charge in [-0.15, -0.1) is 5.10 Å². The fourth-order valence-corrected chi connectivity index (χ4v) is 2.37. The van der Waals surface area contributed by atoms with Crippen LogP contribution in [0, 0.1) is 11.3 Å². The fraction of sp³-hybridized carbons (Fsp3) is 0. The molecule has 0 saturated carbocycles. The van der Waals surface area contributed by atoms with Crippen molar-refractivity contribution >= 4 is 29.3 Å². The van der Waals surface area contributed by atoms with Crippen molar-refractivity contribution in [3.8, 4) is 6.07 Å². The molecule has 1 aromatic carbocycles. The van der Waals surface area contributed by atoms with Crippen LogP contribution in [0.1, 0.15) is 15.9 Å². The van der Waals surface area contributed by atoms with Crippen molar-refractivity contribution in [2.45, 2.75) is 9.92 Å². The molecule has 0 fully saturated rings. The molecule has 0 amide bonds. The number of halogens is 1. The van der Waals surface area contributed by atoms with Gasteiger partial charge < -0.3 is 5.11 Å². The van der Waals surface area contributed by atoms with E-state index in [0.29, 0.717) is 15.5 Å². The van der Waals surface area contributed by atoms with E-state index in [1.165, 1.54) is 18.3 Å². The number of nitriles is 1. The third-order valence-electron chi connectivity index (χ3n) is 2.19. The first-order chi connectivity index (χ1) is 9.11. The Labute approximate surface area is 117 Å². The Kier molecular flexibility index (Phi) is 4.00. The molecule has 2 aromatic rings. The predicted octanol–water partition coefficient (Wildman–Crippen LogP) is 2.85. The number of nitrogens with zero attached hydrogens (tertiary/aromatic N) is 3. The van der Waals surface area contributed by atoms with E-state index >= 15 is 0 Å². The van der Waals surface area contributed by atoms with E-state index in [-0.39, 0.29) is 10.6 Å². The van der Waals surface area contributed by atoms with Crippen LogP contribution in [0.4, 0.5) is 0 Å². The van der Waals surface area contributed by atoms with E-state index in [9.17, 15) is 4.79 Å². The number of aromatic nitrogens is 2. The summed E-state index contributed by atoms with van der Waals surface area (Å²) in [6.07, 6.45) is 1.42. The molecule has 0 saturated heterocycles. The molecule has 0 aliphatic rings. The summed E-state index contributed by atoms with van der Waals surface area (Å²) in [4.78, 5) is 11.6. The lowest BCUT2D eigenvalue weighted by Crippen LogP contribution is -1.97. The second-order valence-electron chi connectivity index (χ2n) is 3.41. The summed E-state index contributed by atoms with van der Waals surface area (Å²) in [5.74, 6) is -1.10. The van der Waals surface area contributed by atoms with Gasteiger partial charge in [0.25, 0.3) is 0 Å². The van der Waals surface area contributed by atoms with E-state index in [2.05, 4.69) is 10.2 Å². The first-order valence-corrected chi connectivity index (χ1v) is 6.23. The van der Waals surface area contributed by atoms with Gasteiger partial charge in [-0.2, -0.15) is 10.4 Å². The second kappa shape index (κ2) is 5.69. The van der Waals surface area contributed by atoms with Gasteiger partial charge in [0.2, 0.25) is 0 Å². The van der Waals surface area contributed by atoms with Gasteiger partial charge in [0.1, 0.15) is 11.1 Å². The summed E-state index contributed by atoms with van der Waals surface area (Å²) in [6.45, 7) is 0. The van der Waals surface area contributed by atoms with Crippen LogP contribution < -0.4 is 0 Å². The highest BCUT2D eigenvalue weighted by atomic mass is 35.5. The Bertz CT molecular complexity index is 685. The average Bonchev–Trinajstić information content (AvgIpc) is 2.41. The van der Waals surface area contributed by atoms with Gasteiger partial charge in [0, 0.05) is 4.90 Å². The number of rotatable bonds is 3. The third-order valence-corrected chi connectivity index (χ3v) is 3.50. The molecule has 0 spiro atoms. The summed E-state index contributed by atoms with van der Waals surface area (Å²) < 4.78 is 0. The minimum Gasteiger partial charge on any atom is -0.478 e. The lowest BCUT2D eigenvalue weighted by Gasteiger charge is -2.04. The van der Waals surface area contributed by atoms with Gasteiger partial charge in [0.15, 0.2) is 0 Å². The molecule has 0 aliphatic carbocycles. The number of hydrogen-bond donors (Lipinski definition) is 1. The number of benzene rings is 1. The van der Waals surface area contributed by atoms with Gasteiger partial charge >= 0.3 is 5.97 Å². The Hall–Kier alpha value is -2.10. The first-order valence-electron chi connectivity index (χ1n) is 5.04. The second-order valence-corrected chi connectivity index (χ2v) is 4.88. The van der Waals surface area contributed by atoms with Crippen molar-refractivity contribution in [2.24, 2.45) is 0 Å². The lowest BCUT2D eigenvalue weighted by atomic mass is 10.2. The average molecular weight is 292 g/mol. The van der Waals surface area contributed by atoms with Crippen molar-refractivity contribution in [1.29, 1.82) is 5.26 Å². The number of carboxylic acids is 1. The van der Waals surface area contributed by atoms with E-state index in [4.69, 9.17) is 22.0 Å². The molecule has 0 bridgehead atoms. The SMILES string of the molecule is N#Cc1ccnnc1Sc1ccc(Cl)c(C(=O)O)c1. The van der Waals surface area contributed by atoms with Crippen LogP contribution in [0.25, 0.3) is 0 Å². The Morgan fingerprint density at radius 3 is 2.89 bits per heavy atom. The summed E-state index contributed by atoms with van der Waals surface area (Å²) in [5, 5.41) is 26.1. The molecule has 2 rings (SSSR count). The molecule has 94 valence electrons. The normalized spacial score (nSPS) is 9.89. The molecule has 1 aromatic heterocycles. The van der Waals surface area contributed by atoms with Gasteiger partial charge in [-0.3, -0.25) is 0 Å². The van der Waals surface area contributed by atoms with E-state index in [1.54, 1.807) is 12.1 Å². The monoisotopic (exact) mass is 291 g/mol. The van der Waals surface area contributed by atoms with Crippen LogP contribution >= 0.6 is 23.4 Å². The molecule has 7 heteroatoms. The van der Waals surface area contributed by atoms with Crippen molar-refractivity contribution in [1.82, 2.24) is 10.2 Å². The number of aromatic carboxylic acids is 1. The minimum absolute atomic E-state index is 0.00839. The Morgan fingerprint density at radius 2 is 2.21 bits per heavy atom. The van der Waals surface area contributed by atoms with Gasteiger partial charge in [0.05, 0.1) is 22.3 Å². The topological polar surface area (TPSA) is 86.9 Å². The van der Waals surface area contributed by atoms with E-state index in [1.807, 2.05) is 6.07 Å². The maximum atomic E-state index is 11.0. The molecule has 1 N–H and O–H groups in total. The highest BCUT2D eigenvalue weighted by Crippen LogP contribution is 2.30. The minimum atomic E-state index is -1.10. The van der Waals surface area contributed by atoms with Crippen LogP contribution in [-0.4, -0.2) is 21.3 Å². The molecular weight excluding hydrogens is 286 g/mol. The maximum absolute atomic E-state index is 11.0. The Morgan fingerprint density at radius 1 is 1.42 bits per heavy atom. The van der Waals surface area contributed by atoms with E-state index < -0.39 is 5.97 Å². The van der Waals surface area contributed by atoms with Crippen LogP contribution in [0.3, 0.4) is 0 Å². The van der Waals surface area contributed by atoms with Gasteiger partial charge in [-0.05, 0) is 24.3 Å². The summed E-state index contributed by atoms with van der Waals surface area (Å²) >= 11 is 6.94. The first kappa shape index (κ1) is 13.3. The highest BCUT2D eigenvalue weighted by molar-refractivity contribution is 7.99. The molecule has 0 atom stereocenters. The molecule has 0 unspecified atom stereocenters. The van der Waals surface area contributed by atoms with Crippen LogP contribution in [0.2, 0.25) is 5.02 Å². The van der Waals surface area contributed by atoms with Crippen molar-refractivity contribution in [3.05, 3.63) is 46.6 Å². The molecular formula is C12H6ClN3O2S. The third kappa shape index (κ3) is 3.02. The zero-order chi connectivity index (χ0) is 13.8. The van der Waals surface area contributed by atoms with Crippen LogP contribution in [0.5, 0.6) is 0 Å². The van der Waals surface area contributed by atoms with Gasteiger partial charge in [-0.25, -0.2) is 4.79 Å². The molecule has 1 heterocycles. The smallest absolute Gasteiger partial charge is 0.337 e. The number of hydrogen-bond acceptors (Lipinski definition) is 5. The standard InChI is InChI=1S/C12H6ClN3O2S/c13-10-2-1-8(5-9(10)12(17)18)19-11-7(6-14)3-4-15-16-11/h1-5H,(H,17,18). The number of carbonyl (C=O) groups is 1. The van der Waals surface area contributed by atoms with E-state index in [0.717, 1.165) is 11.8 Å². The van der Waals surface area contributed by atoms with Crippen molar-refractivity contribution in [3.63, 3.8) is 0 Å². The molecule has 5 nitrogen and oxygen atoms in total. The lowest BCUT2D eigenvalue weighted by molar-refractivity contribution is 0.0697. The molecule has 0 radical (unpaired) electrons. The number of carboxylic acid groups (broad SMARTS) is 1. The quantitative estimate of drug-likeness (QED) is 0.935. The summed E-state index contributed by atoms with van der Waals surface area (Å²) in [5.41, 5.74) is 0.390. The highest BCUT2D eigenvalue weighted by Gasteiger charge is 2.12. The maximum Gasteiger partial charge on any atom is 0.337 e. The van der Waals surface area contributed by atoms with Crippen LogP contribution in [0.15, 0.2) is 40.4 Å². The van der Waals surface area contributed by atoms with Gasteiger partial charge in [-0.1, -0.05) is 23.4 Å². The summed E-state index contributed by atoms with van der Waals surface area (Å²) in [6, 6.07) is 8.14. The largest absolute Gasteiger partial charge is 0.478 e. The molecule has 19 heavy (non-hydrogen) atoms. The predicted molar refractivity (Wildman–Crippen MR) is 69.3 cm³/mol. The van der Waals surface area contributed by atoms with Crippen molar-refractivity contribution < 1.29 is 9.90 Å². The zero-order valence-electron chi connectivity index (χ0n) is 9.37. The zero-order valence-corrected chi connectivity index (χ0v) is 10.9. The Balaban J connectivity index is 2.37. The van der Waals surface area contributed by atoms with Crippen LogP contribution in [-0.2, 0) is 0 Å². The van der Waals surface area contributed by atoms with Crippen molar-refractivity contribution in [2.75, 3.05) is 0 Å².